The van der Waals surface area contributed by atoms with Crippen LogP contribution in [0.25, 0.3) is 0 Å². The minimum atomic E-state index is -0.0333. The van der Waals surface area contributed by atoms with E-state index >= 15 is 0 Å². The van der Waals surface area contributed by atoms with Gasteiger partial charge in [-0.3, -0.25) is 9.89 Å². The van der Waals surface area contributed by atoms with E-state index in [0.717, 1.165) is 11.5 Å². The minimum absolute atomic E-state index is 0.0333. The Bertz CT molecular complexity index is 612. The van der Waals surface area contributed by atoms with Crippen LogP contribution in [-0.4, -0.2) is 25.7 Å². The second kappa shape index (κ2) is 5.40. The van der Waals surface area contributed by atoms with E-state index < -0.39 is 0 Å². The van der Waals surface area contributed by atoms with Crippen molar-refractivity contribution in [3.8, 4) is 0 Å². The van der Waals surface area contributed by atoms with Gasteiger partial charge in [0.05, 0.1) is 12.1 Å². The number of rotatable bonds is 4. The molecule has 0 aliphatic rings. The summed E-state index contributed by atoms with van der Waals surface area (Å²) in [6.07, 6.45) is 1.03. The normalized spacial score (nSPS) is 10.6. The highest BCUT2D eigenvalue weighted by molar-refractivity contribution is 7.71. The van der Waals surface area contributed by atoms with Gasteiger partial charge in [-0.1, -0.05) is 6.92 Å². The molecule has 2 heterocycles. The van der Waals surface area contributed by atoms with Crippen molar-refractivity contribution in [2.75, 3.05) is 5.32 Å². The molecule has 0 spiro atoms. The van der Waals surface area contributed by atoms with Crippen molar-refractivity contribution < 1.29 is 4.79 Å². The van der Waals surface area contributed by atoms with Crippen molar-refractivity contribution in [3.05, 3.63) is 21.7 Å². The highest BCUT2D eigenvalue weighted by Gasteiger charge is 2.08. The molecule has 0 radical (unpaired) electrons. The third kappa shape index (κ3) is 2.82. The molecule has 0 unspecified atom stereocenters. The summed E-state index contributed by atoms with van der Waals surface area (Å²) in [4.78, 5) is 15.6. The molecule has 2 N–H and O–H groups in total. The highest BCUT2D eigenvalue weighted by atomic mass is 32.1. The van der Waals surface area contributed by atoms with E-state index in [9.17, 15) is 4.79 Å². The minimum Gasteiger partial charge on any atom is -0.307 e. The summed E-state index contributed by atoms with van der Waals surface area (Å²) in [7, 11) is 1.85. The van der Waals surface area contributed by atoms with Crippen molar-refractivity contribution in [3.63, 3.8) is 0 Å². The van der Waals surface area contributed by atoms with Gasteiger partial charge in [-0.05, 0) is 12.2 Å². The van der Waals surface area contributed by atoms with Crippen molar-refractivity contribution in [2.45, 2.75) is 19.8 Å². The molecule has 6 nitrogen and oxygen atoms in total. The van der Waals surface area contributed by atoms with Gasteiger partial charge in [0.1, 0.15) is 5.82 Å². The number of thiazole rings is 1. The number of aromatic amines is 1. The Morgan fingerprint density at radius 1 is 1.67 bits per heavy atom. The number of carbonyl (C=O) groups excluding carboxylic acids is 1. The summed E-state index contributed by atoms with van der Waals surface area (Å²) in [5.41, 5.74) is 0.864. The van der Waals surface area contributed by atoms with Crippen LogP contribution < -0.4 is 5.32 Å². The van der Waals surface area contributed by atoms with Gasteiger partial charge >= 0.3 is 0 Å². The van der Waals surface area contributed by atoms with E-state index in [-0.39, 0.29) is 5.91 Å². The first-order valence-electron chi connectivity index (χ1n) is 5.44. The highest BCUT2D eigenvalue weighted by Crippen LogP contribution is 2.17. The molecule has 0 aliphatic heterocycles. The monoisotopic (exact) mass is 283 g/mol. The van der Waals surface area contributed by atoms with E-state index in [1.54, 1.807) is 11.5 Å². The van der Waals surface area contributed by atoms with Gasteiger partial charge in [0.2, 0.25) is 5.91 Å². The van der Waals surface area contributed by atoms with Crippen molar-refractivity contribution in [2.24, 2.45) is 7.05 Å². The summed E-state index contributed by atoms with van der Waals surface area (Å²) in [5, 5.41) is 12.1. The van der Waals surface area contributed by atoms with E-state index in [0.29, 0.717) is 22.7 Å². The molecule has 96 valence electrons. The van der Waals surface area contributed by atoms with Gasteiger partial charge in [0.15, 0.2) is 9.90 Å². The zero-order chi connectivity index (χ0) is 13.1. The van der Waals surface area contributed by atoms with Gasteiger partial charge in [0.25, 0.3) is 0 Å². The fourth-order valence-electron chi connectivity index (χ4n) is 1.35. The van der Waals surface area contributed by atoms with Crippen LogP contribution >= 0.6 is 23.6 Å². The lowest BCUT2D eigenvalue weighted by Crippen LogP contribution is -2.09. The average Bonchev–Trinajstić information content (AvgIpc) is 2.91. The summed E-state index contributed by atoms with van der Waals surface area (Å²) >= 11 is 6.45. The maximum atomic E-state index is 11.2. The van der Waals surface area contributed by atoms with Crippen LogP contribution in [0.1, 0.15) is 24.9 Å². The molecule has 0 saturated heterocycles. The number of anilines is 1. The SMILES string of the molecule is CCC(=O)Nc1nc(Cc2n[nH]c(=S)n2C)cs1. The van der Waals surface area contributed by atoms with Crippen LogP contribution in [0.15, 0.2) is 5.38 Å². The molecule has 0 saturated carbocycles. The summed E-state index contributed by atoms with van der Waals surface area (Å²) in [6.45, 7) is 1.80. The van der Waals surface area contributed by atoms with Crippen LogP contribution in [0.2, 0.25) is 0 Å². The lowest BCUT2D eigenvalue weighted by atomic mass is 10.3. The van der Waals surface area contributed by atoms with E-state index in [4.69, 9.17) is 12.2 Å². The Morgan fingerprint density at radius 3 is 3.06 bits per heavy atom. The lowest BCUT2D eigenvalue weighted by molar-refractivity contribution is -0.115. The van der Waals surface area contributed by atoms with Gasteiger partial charge in [-0.15, -0.1) is 11.3 Å². The Hall–Kier alpha value is -1.54. The fraction of sp³-hybridized carbons (Fsp3) is 0.400. The first kappa shape index (κ1) is 12.9. The maximum Gasteiger partial charge on any atom is 0.225 e. The van der Waals surface area contributed by atoms with Crippen molar-refractivity contribution in [1.82, 2.24) is 19.7 Å². The van der Waals surface area contributed by atoms with Crippen LogP contribution in [-0.2, 0) is 18.3 Å². The fourth-order valence-corrected chi connectivity index (χ4v) is 2.23. The van der Waals surface area contributed by atoms with E-state index in [1.165, 1.54) is 11.3 Å². The maximum absolute atomic E-state index is 11.2. The van der Waals surface area contributed by atoms with Gasteiger partial charge in [0, 0.05) is 18.8 Å². The number of nitrogens with zero attached hydrogens (tertiary/aromatic N) is 3. The van der Waals surface area contributed by atoms with Crippen LogP contribution in [0, 0.1) is 4.77 Å². The zero-order valence-electron chi connectivity index (χ0n) is 10.1. The first-order chi connectivity index (χ1) is 8.60. The number of hydrogen-bond acceptors (Lipinski definition) is 5. The van der Waals surface area contributed by atoms with Gasteiger partial charge in [-0.25, -0.2) is 4.98 Å². The molecule has 0 fully saturated rings. The smallest absolute Gasteiger partial charge is 0.225 e. The van der Waals surface area contributed by atoms with E-state index in [1.807, 2.05) is 12.4 Å². The molecule has 0 aliphatic carbocycles. The lowest BCUT2D eigenvalue weighted by Gasteiger charge is -1.98. The van der Waals surface area contributed by atoms with Gasteiger partial charge in [-0.2, -0.15) is 5.10 Å². The van der Waals surface area contributed by atoms with E-state index in [2.05, 4.69) is 20.5 Å². The topological polar surface area (TPSA) is 75.6 Å². The number of amides is 1. The van der Waals surface area contributed by atoms with Crippen molar-refractivity contribution >= 4 is 34.6 Å². The molecule has 2 aromatic rings. The molecule has 18 heavy (non-hydrogen) atoms. The second-order valence-electron chi connectivity index (χ2n) is 3.73. The second-order valence-corrected chi connectivity index (χ2v) is 4.97. The van der Waals surface area contributed by atoms with Crippen LogP contribution in [0.3, 0.4) is 0 Å². The molecular formula is C10H13N5OS2. The number of aromatic nitrogens is 4. The Labute approximate surface area is 113 Å². The molecular weight excluding hydrogens is 270 g/mol. The van der Waals surface area contributed by atoms with Crippen LogP contribution in [0.4, 0.5) is 5.13 Å². The molecule has 0 atom stereocenters. The molecule has 2 rings (SSSR count). The number of carbonyl (C=O) groups is 1. The predicted molar refractivity (Wildman–Crippen MR) is 72.2 cm³/mol. The summed E-state index contributed by atoms with van der Waals surface area (Å²) in [6, 6.07) is 0. The van der Waals surface area contributed by atoms with Crippen molar-refractivity contribution in [1.29, 1.82) is 0 Å². The molecule has 8 heteroatoms. The summed E-state index contributed by atoms with van der Waals surface area (Å²) < 4.78 is 2.39. The third-order valence-electron chi connectivity index (χ3n) is 2.43. The third-order valence-corrected chi connectivity index (χ3v) is 3.60. The Kier molecular flexibility index (Phi) is 3.87. The Morgan fingerprint density at radius 2 is 2.44 bits per heavy atom. The predicted octanol–water partition coefficient (Wildman–Crippen LogP) is 1.87. The quantitative estimate of drug-likeness (QED) is 0.840. The number of hydrogen-bond donors (Lipinski definition) is 2. The number of nitrogens with one attached hydrogen (secondary N) is 2. The summed E-state index contributed by atoms with van der Waals surface area (Å²) in [5.74, 6) is 0.785. The Balaban J connectivity index is 2.09. The zero-order valence-corrected chi connectivity index (χ0v) is 11.7. The molecule has 0 aromatic carbocycles. The molecule has 1 amide bonds. The number of H-pyrrole nitrogens is 1. The molecule has 0 bridgehead atoms. The first-order valence-corrected chi connectivity index (χ1v) is 6.73. The largest absolute Gasteiger partial charge is 0.307 e. The average molecular weight is 283 g/mol. The standard InChI is InChI=1S/C10H13N5OS2/c1-3-8(16)12-9-11-6(5-18-9)4-7-13-14-10(17)15(7)2/h5H,3-4H2,1-2H3,(H,14,17)(H,11,12,16). The van der Waals surface area contributed by atoms with Gasteiger partial charge < -0.3 is 9.88 Å². The molecule has 2 aromatic heterocycles. The van der Waals surface area contributed by atoms with Crippen LogP contribution in [0.5, 0.6) is 0 Å².